The van der Waals surface area contributed by atoms with E-state index in [0.717, 1.165) is 17.0 Å². The largest absolute Gasteiger partial charge is 0.348 e. The minimum absolute atomic E-state index is 0.0184. The first-order valence-electron chi connectivity index (χ1n) is 8.63. The van der Waals surface area contributed by atoms with E-state index in [0.29, 0.717) is 16.7 Å². The van der Waals surface area contributed by atoms with Crippen molar-refractivity contribution in [2.45, 2.75) is 23.9 Å². The van der Waals surface area contributed by atoms with Gasteiger partial charge in [-0.3, -0.25) is 4.79 Å². The van der Waals surface area contributed by atoms with Crippen LogP contribution in [-0.4, -0.2) is 39.7 Å². The predicted octanol–water partition coefficient (Wildman–Crippen LogP) is 4.54. The summed E-state index contributed by atoms with van der Waals surface area (Å²) in [6.45, 7) is 2.74. The number of carbonyl (C=O) groups is 1. The van der Waals surface area contributed by atoms with E-state index in [1.165, 1.54) is 11.8 Å². The van der Waals surface area contributed by atoms with E-state index in [-0.39, 0.29) is 11.2 Å². The standard InChI is InChI=1S/C20H21ClN4OS/c1-4-25-18(15-10-12-16(21)13-11-15)22-23-20(25)27-17(19(26)24(2)3)14-8-6-5-7-9-14/h5-13,17H,4H2,1-3H3/t17-/m0/s1. The van der Waals surface area contributed by atoms with Gasteiger partial charge in [-0.15, -0.1) is 10.2 Å². The van der Waals surface area contributed by atoms with Crippen molar-refractivity contribution in [3.8, 4) is 11.4 Å². The van der Waals surface area contributed by atoms with Crippen LogP contribution in [0.1, 0.15) is 17.7 Å². The highest BCUT2D eigenvalue weighted by Crippen LogP contribution is 2.37. The monoisotopic (exact) mass is 400 g/mol. The number of amides is 1. The lowest BCUT2D eigenvalue weighted by atomic mass is 10.1. The number of nitrogens with zero attached hydrogens (tertiary/aromatic N) is 4. The fraction of sp³-hybridized carbons (Fsp3) is 0.250. The minimum atomic E-state index is -0.381. The molecule has 0 aliphatic heterocycles. The van der Waals surface area contributed by atoms with E-state index < -0.39 is 0 Å². The Morgan fingerprint density at radius 2 is 1.78 bits per heavy atom. The third-order valence-electron chi connectivity index (χ3n) is 4.13. The highest BCUT2D eigenvalue weighted by Gasteiger charge is 2.26. The molecule has 0 radical (unpaired) electrons. The van der Waals surface area contributed by atoms with E-state index in [1.54, 1.807) is 19.0 Å². The summed E-state index contributed by atoms with van der Waals surface area (Å²) < 4.78 is 2.02. The van der Waals surface area contributed by atoms with Crippen molar-refractivity contribution in [1.29, 1.82) is 0 Å². The van der Waals surface area contributed by atoms with Crippen LogP contribution in [0, 0.1) is 0 Å². The molecule has 1 atom stereocenters. The average molecular weight is 401 g/mol. The zero-order valence-corrected chi connectivity index (χ0v) is 17.0. The van der Waals surface area contributed by atoms with Crippen molar-refractivity contribution in [2.24, 2.45) is 0 Å². The van der Waals surface area contributed by atoms with Gasteiger partial charge in [0.1, 0.15) is 5.25 Å². The van der Waals surface area contributed by atoms with E-state index in [2.05, 4.69) is 10.2 Å². The zero-order chi connectivity index (χ0) is 19.4. The molecule has 140 valence electrons. The molecule has 3 rings (SSSR count). The maximum absolute atomic E-state index is 12.8. The third kappa shape index (κ3) is 4.34. The molecule has 0 bridgehead atoms. The number of benzene rings is 2. The molecule has 7 heteroatoms. The second-order valence-electron chi connectivity index (χ2n) is 6.20. The summed E-state index contributed by atoms with van der Waals surface area (Å²) in [5.41, 5.74) is 1.88. The predicted molar refractivity (Wildman–Crippen MR) is 110 cm³/mol. The molecule has 0 unspecified atom stereocenters. The molecule has 0 aliphatic rings. The van der Waals surface area contributed by atoms with E-state index in [1.807, 2.05) is 66.1 Å². The number of carbonyl (C=O) groups excluding carboxylic acids is 1. The summed E-state index contributed by atoms with van der Waals surface area (Å²) in [6.07, 6.45) is 0. The number of hydrogen-bond donors (Lipinski definition) is 0. The van der Waals surface area contributed by atoms with Crippen LogP contribution in [-0.2, 0) is 11.3 Å². The van der Waals surface area contributed by atoms with Crippen LogP contribution in [0.2, 0.25) is 5.02 Å². The minimum Gasteiger partial charge on any atom is -0.348 e. The lowest BCUT2D eigenvalue weighted by molar-refractivity contribution is -0.128. The molecule has 0 saturated carbocycles. The highest BCUT2D eigenvalue weighted by molar-refractivity contribution is 8.00. The van der Waals surface area contributed by atoms with Gasteiger partial charge in [-0.2, -0.15) is 0 Å². The highest BCUT2D eigenvalue weighted by atomic mass is 35.5. The molecule has 1 aromatic heterocycles. The normalized spacial score (nSPS) is 12.0. The van der Waals surface area contributed by atoms with Gasteiger partial charge in [0.25, 0.3) is 0 Å². The van der Waals surface area contributed by atoms with Gasteiger partial charge in [0.05, 0.1) is 0 Å². The van der Waals surface area contributed by atoms with Crippen LogP contribution in [0.4, 0.5) is 0 Å². The molecule has 0 fully saturated rings. The lowest BCUT2D eigenvalue weighted by Gasteiger charge is -2.20. The van der Waals surface area contributed by atoms with Crippen LogP contribution in [0.5, 0.6) is 0 Å². The van der Waals surface area contributed by atoms with E-state index in [4.69, 9.17) is 11.6 Å². The Morgan fingerprint density at radius 3 is 2.37 bits per heavy atom. The van der Waals surface area contributed by atoms with Gasteiger partial charge in [-0.05, 0) is 36.8 Å². The number of rotatable bonds is 6. The topological polar surface area (TPSA) is 51.0 Å². The third-order valence-corrected chi connectivity index (χ3v) is 5.60. The van der Waals surface area contributed by atoms with Gasteiger partial charge in [-0.1, -0.05) is 53.7 Å². The van der Waals surface area contributed by atoms with Crippen molar-refractivity contribution < 1.29 is 4.79 Å². The van der Waals surface area contributed by atoms with Gasteiger partial charge >= 0.3 is 0 Å². The Kier molecular flexibility index (Phi) is 6.19. The van der Waals surface area contributed by atoms with Crippen LogP contribution in [0.15, 0.2) is 59.8 Å². The number of likely N-dealkylation sites (N-methyl/N-ethyl adjacent to an activating group) is 1. The van der Waals surface area contributed by atoms with E-state index in [9.17, 15) is 4.79 Å². The van der Waals surface area contributed by atoms with Crippen LogP contribution < -0.4 is 0 Å². The van der Waals surface area contributed by atoms with Crippen molar-refractivity contribution >= 4 is 29.3 Å². The van der Waals surface area contributed by atoms with Crippen LogP contribution in [0.25, 0.3) is 11.4 Å². The maximum Gasteiger partial charge on any atom is 0.240 e. The van der Waals surface area contributed by atoms with Gasteiger partial charge < -0.3 is 9.47 Å². The molecule has 5 nitrogen and oxygen atoms in total. The SMILES string of the molecule is CCn1c(S[C@H](C(=O)N(C)C)c2ccccc2)nnc1-c1ccc(Cl)cc1. The fourth-order valence-electron chi connectivity index (χ4n) is 2.70. The molecule has 1 amide bonds. The molecule has 0 saturated heterocycles. The summed E-state index contributed by atoms with van der Waals surface area (Å²) in [7, 11) is 3.53. The Bertz CT molecular complexity index is 909. The maximum atomic E-state index is 12.8. The van der Waals surface area contributed by atoms with Crippen molar-refractivity contribution in [3.05, 3.63) is 65.2 Å². The van der Waals surface area contributed by atoms with Crippen LogP contribution in [0.3, 0.4) is 0 Å². The summed E-state index contributed by atoms with van der Waals surface area (Å²) in [6, 6.07) is 17.3. The molecular weight excluding hydrogens is 380 g/mol. The Labute approximate surface area is 168 Å². The van der Waals surface area contributed by atoms with Crippen molar-refractivity contribution in [2.75, 3.05) is 14.1 Å². The summed E-state index contributed by atoms with van der Waals surface area (Å²) in [5.74, 6) is 0.783. The lowest BCUT2D eigenvalue weighted by Crippen LogP contribution is -2.27. The number of thioether (sulfide) groups is 1. The second-order valence-corrected chi connectivity index (χ2v) is 7.71. The van der Waals surface area contributed by atoms with Crippen molar-refractivity contribution in [1.82, 2.24) is 19.7 Å². The zero-order valence-electron chi connectivity index (χ0n) is 15.5. The molecular formula is C20H21ClN4OS. The fourth-order valence-corrected chi connectivity index (χ4v) is 4.07. The molecule has 3 aromatic rings. The molecule has 0 spiro atoms. The van der Waals surface area contributed by atoms with Gasteiger partial charge in [0, 0.05) is 31.2 Å². The van der Waals surface area contributed by atoms with Gasteiger partial charge in [0.15, 0.2) is 11.0 Å². The number of halogens is 1. The van der Waals surface area contributed by atoms with E-state index >= 15 is 0 Å². The Balaban J connectivity index is 1.97. The first-order chi connectivity index (χ1) is 13.0. The van der Waals surface area contributed by atoms with Gasteiger partial charge in [0.2, 0.25) is 5.91 Å². The van der Waals surface area contributed by atoms with Crippen molar-refractivity contribution in [3.63, 3.8) is 0 Å². The average Bonchev–Trinajstić information content (AvgIpc) is 3.09. The molecule has 0 N–H and O–H groups in total. The molecule has 27 heavy (non-hydrogen) atoms. The summed E-state index contributed by atoms with van der Waals surface area (Å²) in [4.78, 5) is 14.4. The first-order valence-corrected chi connectivity index (χ1v) is 9.89. The number of aromatic nitrogens is 3. The molecule has 0 aliphatic carbocycles. The first kappa shape index (κ1) is 19.5. The smallest absolute Gasteiger partial charge is 0.240 e. The second kappa shape index (κ2) is 8.59. The number of hydrogen-bond acceptors (Lipinski definition) is 4. The molecule has 2 aromatic carbocycles. The summed E-state index contributed by atoms with van der Waals surface area (Å²) >= 11 is 7.41. The summed E-state index contributed by atoms with van der Waals surface area (Å²) in [5, 5.41) is 9.74. The Hall–Kier alpha value is -2.31. The Morgan fingerprint density at radius 1 is 1.11 bits per heavy atom. The van der Waals surface area contributed by atoms with Crippen LogP contribution >= 0.6 is 23.4 Å². The quantitative estimate of drug-likeness (QED) is 0.570. The van der Waals surface area contributed by atoms with Gasteiger partial charge in [-0.25, -0.2) is 0 Å². The molecule has 1 heterocycles.